The quantitative estimate of drug-likeness (QED) is 0.539. The van der Waals surface area contributed by atoms with Gasteiger partial charge in [0, 0.05) is 5.56 Å². The van der Waals surface area contributed by atoms with Crippen LogP contribution in [0.3, 0.4) is 0 Å². The minimum atomic E-state index is -0.650. The molecule has 0 spiro atoms. The van der Waals surface area contributed by atoms with E-state index in [4.69, 9.17) is 23.4 Å². The van der Waals surface area contributed by atoms with E-state index < -0.39 is 18.0 Å². The van der Waals surface area contributed by atoms with Crippen molar-refractivity contribution in [1.29, 1.82) is 0 Å². The molecule has 1 heterocycles. The van der Waals surface area contributed by atoms with E-state index in [9.17, 15) is 9.59 Å². The number of benzene rings is 2. The van der Waals surface area contributed by atoms with Gasteiger partial charge >= 0.3 is 11.9 Å². The molecule has 1 aromatic heterocycles. The van der Waals surface area contributed by atoms with Crippen molar-refractivity contribution in [3.8, 4) is 23.0 Å². The summed E-state index contributed by atoms with van der Waals surface area (Å²) < 4.78 is 26.1. The molecule has 0 aliphatic rings. The molecule has 3 rings (SSSR count). The Balaban J connectivity index is 1.83. The monoisotopic (exact) mass is 412 g/mol. The number of aromatic nitrogens is 2. The summed E-state index contributed by atoms with van der Waals surface area (Å²) in [7, 11) is 4.07. The van der Waals surface area contributed by atoms with Crippen LogP contribution in [0.1, 0.15) is 39.6 Å². The van der Waals surface area contributed by atoms with Gasteiger partial charge in [0.15, 0.2) is 6.10 Å². The zero-order chi connectivity index (χ0) is 21.7. The Kier molecular flexibility index (Phi) is 6.31. The zero-order valence-corrected chi connectivity index (χ0v) is 16.9. The van der Waals surface area contributed by atoms with Crippen molar-refractivity contribution in [3.05, 3.63) is 59.5 Å². The molecule has 0 saturated heterocycles. The second-order valence-electron chi connectivity index (χ2n) is 6.16. The van der Waals surface area contributed by atoms with Crippen molar-refractivity contribution in [3.63, 3.8) is 0 Å². The third-order valence-corrected chi connectivity index (χ3v) is 4.19. The van der Waals surface area contributed by atoms with E-state index in [2.05, 4.69) is 10.2 Å². The lowest BCUT2D eigenvalue weighted by molar-refractivity contribution is 0.0597. The van der Waals surface area contributed by atoms with Crippen LogP contribution in [0.5, 0.6) is 11.5 Å². The molecule has 0 aliphatic carbocycles. The lowest BCUT2D eigenvalue weighted by Crippen LogP contribution is -2.09. The molecule has 3 aromatic rings. The van der Waals surface area contributed by atoms with Gasteiger partial charge < -0.3 is 23.4 Å². The van der Waals surface area contributed by atoms with E-state index in [1.165, 1.54) is 32.4 Å². The molecule has 0 unspecified atom stereocenters. The van der Waals surface area contributed by atoms with Crippen LogP contribution < -0.4 is 9.47 Å². The minimum Gasteiger partial charge on any atom is -0.497 e. The molecular weight excluding hydrogens is 392 g/mol. The number of esters is 2. The summed E-state index contributed by atoms with van der Waals surface area (Å²) in [5, 5.41) is 8.06. The minimum absolute atomic E-state index is 0.145. The average Bonchev–Trinajstić information content (AvgIpc) is 3.28. The number of methoxy groups -OCH3 is 3. The van der Waals surface area contributed by atoms with E-state index in [1.807, 2.05) is 0 Å². The summed E-state index contributed by atoms with van der Waals surface area (Å²) in [6, 6.07) is 11.4. The van der Waals surface area contributed by atoms with E-state index >= 15 is 0 Å². The van der Waals surface area contributed by atoms with Crippen molar-refractivity contribution < 1.29 is 33.0 Å². The van der Waals surface area contributed by atoms with Gasteiger partial charge in [-0.1, -0.05) is 0 Å². The van der Waals surface area contributed by atoms with Crippen LogP contribution in [0.2, 0.25) is 0 Å². The largest absolute Gasteiger partial charge is 0.497 e. The fraction of sp³-hybridized carbons (Fsp3) is 0.238. The van der Waals surface area contributed by atoms with Gasteiger partial charge in [0.25, 0.3) is 5.89 Å². The summed E-state index contributed by atoms with van der Waals surface area (Å²) in [6.07, 6.45) is -0.650. The first kappa shape index (κ1) is 20.8. The molecule has 0 aliphatic heterocycles. The third-order valence-electron chi connectivity index (χ3n) is 4.19. The zero-order valence-electron chi connectivity index (χ0n) is 16.9. The number of nitrogens with zero attached hydrogens (tertiary/aromatic N) is 2. The Labute approximate surface area is 172 Å². The second-order valence-corrected chi connectivity index (χ2v) is 6.16. The van der Waals surface area contributed by atoms with E-state index in [0.717, 1.165) is 5.56 Å². The number of carbonyl (C=O) groups is 2. The molecule has 9 nitrogen and oxygen atoms in total. The van der Waals surface area contributed by atoms with Crippen molar-refractivity contribution >= 4 is 11.9 Å². The summed E-state index contributed by atoms with van der Waals surface area (Å²) >= 11 is 0. The van der Waals surface area contributed by atoms with E-state index in [-0.39, 0.29) is 22.8 Å². The molecule has 0 amide bonds. The van der Waals surface area contributed by atoms with Crippen LogP contribution >= 0.6 is 0 Å². The molecule has 0 saturated carbocycles. The normalized spacial score (nSPS) is 11.5. The molecule has 0 radical (unpaired) electrons. The Morgan fingerprint density at radius 2 is 1.47 bits per heavy atom. The third kappa shape index (κ3) is 4.57. The highest BCUT2D eigenvalue weighted by atomic mass is 16.5. The first-order valence-corrected chi connectivity index (χ1v) is 8.91. The van der Waals surface area contributed by atoms with Crippen molar-refractivity contribution in [2.24, 2.45) is 0 Å². The molecule has 9 heteroatoms. The molecule has 2 aromatic carbocycles. The van der Waals surface area contributed by atoms with Gasteiger partial charge in [-0.25, -0.2) is 9.59 Å². The van der Waals surface area contributed by atoms with Gasteiger partial charge in [0.1, 0.15) is 11.5 Å². The lowest BCUT2D eigenvalue weighted by atomic mass is 10.1. The van der Waals surface area contributed by atoms with Crippen LogP contribution in [-0.4, -0.2) is 43.5 Å². The Hall–Kier alpha value is -3.88. The molecule has 0 fully saturated rings. The lowest BCUT2D eigenvalue weighted by Gasteiger charge is -2.13. The van der Waals surface area contributed by atoms with Crippen LogP contribution in [0.25, 0.3) is 11.5 Å². The SMILES string of the molecule is COC(=O)c1cc(O[C@@H](C)c2nnc(-c3ccc(OC)cc3)o2)cc(C(=O)OC)c1. The Bertz CT molecular complexity index is 1010. The average molecular weight is 412 g/mol. The van der Waals surface area contributed by atoms with Gasteiger partial charge in [0.2, 0.25) is 5.89 Å². The molecule has 0 N–H and O–H groups in total. The topological polar surface area (TPSA) is 110 Å². The van der Waals surface area contributed by atoms with Crippen molar-refractivity contribution in [2.45, 2.75) is 13.0 Å². The van der Waals surface area contributed by atoms with Gasteiger partial charge in [-0.15, -0.1) is 10.2 Å². The number of hydrogen-bond acceptors (Lipinski definition) is 9. The highest BCUT2D eigenvalue weighted by Gasteiger charge is 2.20. The molecule has 0 bridgehead atoms. The van der Waals surface area contributed by atoms with Crippen molar-refractivity contribution in [1.82, 2.24) is 10.2 Å². The Morgan fingerprint density at radius 1 is 0.867 bits per heavy atom. The highest BCUT2D eigenvalue weighted by Crippen LogP contribution is 2.27. The summed E-state index contributed by atoms with van der Waals surface area (Å²) in [5.41, 5.74) is 1.02. The molecule has 30 heavy (non-hydrogen) atoms. The number of carbonyl (C=O) groups excluding carboxylic acids is 2. The highest BCUT2D eigenvalue weighted by molar-refractivity contribution is 5.96. The van der Waals surface area contributed by atoms with Gasteiger partial charge in [-0.05, 0) is 49.4 Å². The van der Waals surface area contributed by atoms with Crippen LogP contribution in [-0.2, 0) is 9.47 Å². The maximum absolute atomic E-state index is 11.9. The van der Waals surface area contributed by atoms with Crippen LogP contribution in [0.4, 0.5) is 0 Å². The van der Waals surface area contributed by atoms with Crippen molar-refractivity contribution in [2.75, 3.05) is 21.3 Å². The predicted molar refractivity (Wildman–Crippen MR) is 104 cm³/mol. The number of hydrogen-bond donors (Lipinski definition) is 0. The van der Waals surface area contributed by atoms with Gasteiger partial charge in [0.05, 0.1) is 32.5 Å². The van der Waals surface area contributed by atoms with Gasteiger partial charge in [-0.3, -0.25) is 0 Å². The van der Waals surface area contributed by atoms with Gasteiger partial charge in [-0.2, -0.15) is 0 Å². The maximum atomic E-state index is 11.9. The number of ether oxygens (including phenoxy) is 4. The predicted octanol–water partition coefficient (Wildman–Crippen LogP) is 3.46. The molecule has 156 valence electrons. The number of rotatable bonds is 7. The Morgan fingerprint density at radius 3 is 2.00 bits per heavy atom. The fourth-order valence-corrected chi connectivity index (χ4v) is 2.64. The maximum Gasteiger partial charge on any atom is 0.338 e. The summed E-state index contributed by atoms with van der Waals surface area (Å²) in [4.78, 5) is 23.8. The fourth-order valence-electron chi connectivity index (χ4n) is 2.64. The second kappa shape index (κ2) is 9.08. The summed E-state index contributed by atoms with van der Waals surface area (Å²) in [5.74, 6) is 0.276. The van der Waals surface area contributed by atoms with Crippen LogP contribution in [0.15, 0.2) is 46.9 Å². The smallest absolute Gasteiger partial charge is 0.338 e. The van der Waals surface area contributed by atoms with E-state index in [1.54, 1.807) is 38.3 Å². The summed E-state index contributed by atoms with van der Waals surface area (Å²) in [6.45, 7) is 1.70. The first-order chi connectivity index (χ1) is 14.4. The van der Waals surface area contributed by atoms with E-state index in [0.29, 0.717) is 11.6 Å². The molecular formula is C21H20N2O7. The first-order valence-electron chi connectivity index (χ1n) is 8.91. The molecule has 1 atom stereocenters. The van der Waals surface area contributed by atoms with Crippen LogP contribution in [0, 0.1) is 0 Å². The standard InChI is InChI=1S/C21H20N2O7/c1-12(18-22-23-19(30-18)13-5-7-16(26-2)8-6-13)29-17-10-14(20(24)27-3)9-15(11-17)21(25)28-4/h5-12H,1-4H3/t12-/m0/s1.